The first kappa shape index (κ1) is 20.6. The third kappa shape index (κ3) is 4.47. The smallest absolute Gasteiger partial charge is 0.278 e. The summed E-state index contributed by atoms with van der Waals surface area (Å²) in [6.07, 6.45) is 2.78. The number of aromatic amines is 1. The molecule has 0 radical (unpaired) electrons. The van der Waals surface area contributed by atoms with Gasteiger partial charge in [0.25, 0.3) is 5.56 Å². The summed E-state index contributed by atoms with van der Waals surface area (Å²) in [6.45, 7) is 1.42. The summed E-state index contributed by atoms with van der Waals surface area (Å²) in [7, 11) is 0. The number of nitrogens with one attached hydrogen (secondary N) is 1. The van der Waals surface area contributed by atoms with Gasteiger partial charge in [-0.3, -0.25) is 9.36 Å². The lowest BCUT2D eigenvalue weighted by atomic mass is 10.2. The molecule has 2 aromatic heterocycles. The molecule has 8 nitrogen and oxygen atoms in total. The second kappa shape index (κ2) is 9.44. The lowest BCUT2D eigenvalue weighted by molar-refractivity contribution is -0.0804. The normalized spacial score (nSPS) is 20.7. The van der Waals surface area contributed by atoms with Crippen LogP contribution >= 0.6 is 0 Å². The summed E-state index contributed by atoms with van der Waals surface area (Å²) < 4.78 is 20.3. The Labute approximate surface area is 184 Å². The zero-order chi connectivity index (χ0) is 21.8. The van der Waals surface area contributed by atoms with Crippen LogP contribution in [0.15, 0.2) is 78.1 Å². The molecule has 3 atom stereocenters. The lowest BCUT2D eigenvalue weighted by Gasteiger charge is -2.20. The van der Waals surface area contributed by atoms with E-state index in [-0.39, 0.29) is 23.3 Å². The second-order valence-electron chi connectivity index (χ2n) is 7.78. The van der Waals surface area contributed by atoms with Crippen molar-refractivity contribution in [2.75, 3.05) is 6.61 Å². The van der Waals surface area contributed by atoms with Crippen molar-refractivity contribution in [3.63, 3.8) is 0 Å². The van der Waals surface area contributed by atoms with Crippen LogP contribution in [0.25, 0.3) is 11.2 Å². The number of fused-ring (bicyclic) bond motifs is 1. The van der Waals surface area contributed by atoms with Crippen molar-refractivity contribution in [1.29, 1.82) is 0 Å². The molecule has 0 aliphatic carbocycles. The predicted molar refractivity (Wildman–Crippen MR) is 118 cm³/mol. The van der Waals surface area contributed by atoms with E-state index in [1.54, 1.807) is 10.9 Å². The topological polar surface area (TPSA) is 91.3 Å². The summed E-state index contributed by atoms with van der Waals surface area (Å²) in [6, 6.07) is 20.0. The lowest BCUT2D eigenvalue weighted by Crippen LogP contribution is -2.23. The quantitative estimate of drug-likeness (QED) is 0.460. The zero-order valence-electron chi connectivity index (χ0n) is 17.5. The number of rotatable bonds is 8. The average molecular weight is 432 g/mol. The Hall–Kier alpha value is -3.33. The molecule has 0 amide bonds. The Morgan fingerprint density at radius 1 is 1.00 bits per heavy atom. The number of hydrogen-bond acceptors (Lipinski definition) is 6. The molecule has 4 aromatic rings. The maximum absolute atomic E-state index is 12.1. The minimum atomic E-state index is -0.455. The van der Waals surface area contributed by atoms with E-state index in [1.807, 2.05) is 60.7 Å². The number of imidazole rings is 1. The molecule has 1 fully saturated rings. The van der Waals surface area contributed by atoms with E-state index in [9.17, 15) is 4.79 Å². The first-order valence-electron chi connectivity index (χ1n) is 10.6. The van der Waals surface area contributed by atoms with Gasteiger partial charge in [-0.1, -0.05) is 60.7 Å². The van der Waals surface area contributed by atoms with Crippen LogP contribution in [0, 0.1) is 0 Å². The van der Waals surface area contributed by atoms with E-state index in [2.05, 4.69) is 15.0 Å². The SMILES string of the molecule is O=c1[nH]cnc2c1ncn2[C@@H]1O[C@H](COCc2ccccc2)C[C@H]1OCc1ccccc1. The second-order valence-corrected chi connectivity index (χ2v) is 7.78. The Morgan fingerprint density at radius 3 is 2.47 bits per heavy atom. The highest BCUT2D eigenvalue weighted by Crippen LogP contribution is 2.33. The van der Waals surface area contributed by atoms with E-state index in [0.717, 1.165) is 11.1 Å². The van der Waals surface area contributed by atoms with Crippen LogP contribution in [-0.2, 0) is 27.4 Å². The minimum absolute atomic E-state index is 0.149. The van der Waals surface area contributed by atoms with Crippen LogP contribution < -0.4 is 5.56 Å². The van der Waals surface area contributed by atoms with Crippen LogP contribution in [0.3, 0.4) is 0 Å². The van der Waals surface area contributed by atoms with Gasteiger partial charge in [0.1, 0.15) is 6.10 Å². The maximum Gasteiger partial charge on any atom is 0.278 e. The van der Waals surface area contributed by atoms with Crippen LogP contribution in [0.5, 0.6) is 0 Å². The number of nitrogens with zero attached hydrogens (tertiary/aromatic N) is 3. The summed E-state index contributed by atoms with van der Waals surface area (Å²) in [5, 5.41) is 0. The molecule has 0 spiro atoms. The average Bonchev–Trinajstić information content (AvgIpc) is 3.44. The molecule has 1 saturated heterocycles. The Balaban J connectivity index is 1.32. The monoisotopic (exact) mass is 432 g/mol. The van der Waals surface area contributed by atoms with Gasteiger partial charge in [-0.15, -0.1) is 0 Å². The van der Waals surface area contributed by atoms with Crippen molar-refractivity contribution in [2.45, 2.75) is 38.1 Å². The summed E-state index contributed by atoms with van der Waals surface area (Å²) >= 11 is 0. The fourth-order valence-electron chi connectivity index (χ4n) is 3.93. The molecule has 1 aliphatic rings. The number of H-pyrrole nitrogens is 1. The summed E-state index contributed by atoms with van der Waals surface area (Å²) in [5.74, 6) is 0. The van der Waals surface area contributed by atoms with Gasteiger partial charge in [-0.25, -0.2) is 9.97 Å². The molecule has 5 rings (SSSR count). The van der Waals surface area contributed by atoms with Crippen molar-refractivity contribution in [1.82, 2.24) is 19.5 Å². The number of ether oxygens (including phenoxy) is 3. The van der Waals surface area contributed by atoms with Gasteiger partial charge in [0, 0.05) is 6.42 Å². The molecule has 32 heavy (non-hydrogen) atoms. The molecule has 164 valence electrons. The first-order valence-corrected chi connectivity index (χ1v) is 10.6. The largest absolute Gasteiger partial charge is 0.374 e. The molecule has 0 unspecified atom stereocenters. The first-order chi connectivity index (χ1) is 15.8. The van der Waals surface area contributed by atoms with E-state index in [1.165, 1.54) is 6.33 Å². The van der Waals surface area contributed by atoms with E-state index >= 15 is 0 Å². The van der Waals surface area contributed by atoms with Crippen LogP contribution in [0.4, 0.5) is 0 Å². The fourth-order valence-corrected chi connectivity index (χ4v) is 3.93. The van der Waals surface area contributed by atoms with Gasteiger partial charge in [0.15, 0.2) is 17.4 Å². The molecular weight excluding hydrogens is 408 g/mol. The highest BCUT2D eigenvalue weighted by atomic mass is 16.6. The fraction of sp³-hybridized carbons (Fsp3) is 0.292. The summed E-state index contributed by atoms with van der Waals surface area (Å²) in [4.78, 5) is 23.2. The number of hydrogen-bond donors (Lipinski definition) is 1. The van der Waals surface area contributed by atoms with E-state index < -0.39 is 6.23 Å². The molecule has 3 heterocycles. The highest BCUT2D eigenvalue weighted by molar-refractivity contribution is 5.68. The maximum atomic E-state index is 12.1. The van der Waals surface area contributed by atoms with Crippen LogP contribution in [0.2, 0.25) is 0 Å². The van der Waals surface area contributed by atoms with E-state index in [4.69, 9.17) is 14.2 Å². The van der Waals surface area contributed by atoms with Gasteiger partial charge in [-0.2, -0.15) is 0 Å². The molecule has 1 N–H and O–H groups in total. The zero-order valence-corrected chi connectivity index (χ0v) is 17.5. The number of aromatic nitrogens is 4. The molecule has 8 heteroatoms. The Morgan fingerprint density at radius 2 is 1.72 bits per heavy atom. The van der Waals surface area contributed by atoms with Gasteiger partial charge >= 0.3 is 0 Å². The molecule has 1 aliphatic heterocycles. The molecule has 0 bridgehead atoms. The molecule has 2 aromatic carbocycles. The van der Waals surface area contributed by atoms with Crippen molar-refractivity contribution in [3.8, 4) is 0 Å². The van der Waals surface area contributed by atoms with Crippen molar-refractivity contribution in [3.05, 3.63) is 94.8 Å². The minimum Gasteiger partial charge on any atom is -0.374 e. The van der Waals surface area contributed by atoms with Gasteiger partial charge < -0.3 is 19.2 Å². The third-order valence-electron chi connectivity index (χ3n) is 5.51. The van der Waals surface area contributed by atoms with E-state index in [0.29, 0.717) is 31.9 Å². The van der Waals surface area contributed by atoms with Gasteiger partial charge in [-0.05, 0) is 11.1 Å². The Bertz CT molecular complexity index is 1210. The van der Waals surface area contributed by atoms with Crippen molar-refractivity contribution in [2.24, 2.45) is 0 Å². The third-order valence-corrected chi connectivity index (χ3v) is 5.51. The van der Waals surface area contributed by atoms with Gasteiger partial charge in [0.2, 0.25) is 0 Å². The summed E-state index contributed by atoms with van der Waals surface area (Å²) in [5.41, 5.74) is 2.67. The molecule has 0 saturated carbocycles. The van der Waals surface area contributed by atoms with Crippen LogP contribution in [0.1, 0.15) is 23.8 Å². The van der Waals surface area contributed by atoms with Crippen molar-refractivity contribution >= 4 is 11.2 Å². The van der Waals surface area contributed by atoms with Crippen LogP contribution in [-0.4, -0.2) is 38.3 Å². The highest BCUT2D eigenvalue weighted by Gasteiger charge is 2.38. The molecular formula is C24H24N4O4. The van der Waals surface area contributed by atoms with Gasteiger partial charge in [0.05, 0.1) is 38.6 Å². The Kier molecular flexibility index (Phi) is 6.06. The van der Waals surface area contributed by atoms with Crippen molar-refractivity contribution < 1.29 is 14.2 Å². The predicted octanol–water partition coefficient (Wildman–Crippen LogP) is 3.21. The standard InChI is InChI=1S/C24H24N4O4/c29-23-21-22(25-15-26-23)28(16-27-21)24-20(31-13-18-9-5-2-6-10-18)11-19(32-24)14-30-12-17-7-3-1-4-8-17/h1-10,15-16,19-20,24H,11-14H2,(H,25,26,29)/t19-,20+,24+/m0/s1. The number of benzene rings is 2.